The molecule has 0 spiro atoms. The summed E-state index contributed by atoms with van der Waals surface area (Å²) < 4.78 is 0. The lowest BCUT2D eigenvalue weighted by molar-refractivity contribution is 0.271. The largest absolute Gasteiger partial charge is 0.370 e. The molecule has 1 aliphatic rings. The first-order valence-corrected chi connectivity index (χ1v) is 6.27. The molecule has 1 saturated carbocycles. The van der Waals surface area contributed by atoms with Crippen LogP contribution >= 0.6 is 24.0 Å². The Bertz CT molecular complexity index is 237. The van der Waals surface area contributed by atoms with Crippen molar-refractivity contribution in [1.82, 2.24) is 10.2 Å². The van der Waals surface area contributed by atoms with E-state index in [1.165, 1.54) is 12.8 Å². The standard InChI is InChI=1S/C12H26N4.HI/c1-5-9(2)15-12(13)14-8-11(16(3)4)10-6-7-10;/h9-11H,5-8H2,1-4H3,(H3,13,14,15);1H. The Morgan fingerprint density at radius 3 is 2.47 bits per heavy atom. The second-order valence-corrected chi connectivity index (χ2v) is 5.05. The number of hydrogen-bond acceptors (Lipinski definition) is 2. The molecule has 2 unspecified atom stereocenters. The van der Waals surface area contributed by atoms with E-state index in [0.29, 0.717) is 18.0 Å². The van der Waals surface area contributed by atoms with Gasteiger partial charge in [-0.3, -0.25) is 4.99 Å². The molecular formula is C12H27IN4. The molecule has 0 bridgehead atoms. The van der Waals surface area contributed by atoms with Gasteiger partial charge in [-0.1, -0.05) is 6.92 Å². The summed E-state index contributed by atoms with van der Waals surface area (Å²) in [6.45, 7) is 5.07. The van der Waals surface area contributed by atoms with Crippen LogP contribution in [0.25, 0.3) is 0 Å². The van der Waals surface area contributed by atoms with Crippen LogP contribution in [0, 0.1) is 5.92 Å². The highest BCUT2D eigenvalue weighted by molar-refractivity contribution is 14.0. The molecule has 0 aromatic carbocycles. The van der Waals surface area contributed by atoms with Crippen molar-refractivity contribution in [2.75, 3.05) is 20.6 Å². The van der Waals surface area contributed by atoms with Crippen molar-refractivity contribution in [2.24, 2.45) is 16.6 Å². The zero-order chi connectivity index (χ0) is 12.1. The van der Waals surface area contributed by atoms with E-state index in [2.05, 4.69) is 43.2 Å². The number of nitrogens with one attached hydrogen (secondary N) is 1. The third-order valence-corrected chi connectivity index (χ3v) is 3.28. The fourth-order valence-corrected chi connectivity index (χ4v) is 1.81. The number of nitrogens with two attached hydrogens (primary N) is 1. The van der Waals surface area contributed by atoms with Crippen LogP contribution in [0.1, 0.15) is 33.1 Å². The van der Waals surface area contributed by atoms with Gasteiger partial charge in [-0.2, -0.15) is 0 Å². The van der Waals surface area contributed by atoms with Crippen LogP contribution in [0.2, 0.25) is 0 Å². The molecule has 5 heteroatoms. The number of rotatable bonds is 6. The molecule has 17 heavy (non-hydrogen) atoms. The van der Waals surface area contributed by atoms with Gasteiger partial charge >= 0.3 is 0 Å². The van der Waals surface area contributed by atoms with Crippen molar-refractivity contribution in [2.45, 2.75) is 45.2 Å². The predicted octanol–water partition coefficient (Wildman–Crippen LogP) is 1.65. The summed E-state index contributed by atoms with van der Waals surface area (Å²) in [5.41, 5.74) is 5.84. The van der Waals surface area contributed by atoms with Crippen LogP contribution in [0.4, 0.5) is 0 Å². The molecule has 0 heterocycles. The van der Waals surface area contributed by atoms with Crippen LogP contribution in [0.3, 0.4) is 0 Å². The molecule has 4 nitrogen and oxygen atoms in total. The maximum Gasteiger partial charge on any atom is 0.188 e. The fraction of sp³-hybridized carbons (Fsp3) is 0.917. The lowest BCUT2D eigenvalue weighted by Gasteiger charge is -2.22. The van der Waals surface area contributed by atoms with Gasteiger partial charge in [-0.15, -0.1) is 24.0 Å². The van der Waals surface area contributed by atoms with Crippen molar-refractivity contribution in [3.05, 3.63) is 0 Å². The monoisotopic (exact) mass is 354 g/mol. The summed E-state index contributed by atoms with van der Waals surface area (Å²) in [7, 11) is 4.24. The first-order chi connectivity index (χ1) is 7.54. The van der Waals surface area contributed by atoms with E-state index in [9.17, 15) is 0 Å². The number of guanidine groups is 1. The van der Waals surface area contributed by atoms with Crippen molar-refractivity contribution < 1.29 is 0 Å². The van der Waals surface area contributed by atoms with Crippen molar-refractivity contribution in [3.8, 4) is 0 Å². The zero-order valence-electron chi connectivity index (χ0n) is 11.4. The molecule has 0 saturated heterocycles. The van der Waals surface area contributed by atoms with Gasteiger partial charge in [-0.25, -0.2) is 0 Å². The SMILES string of the molecule is CCC(C)NC(N)=NCC(C1CC1)N(C)C.I. The average molecular weight is 354 g/mol. The third kappa shape index (κ3) is 6.45. The molecular weight excluding hydrogens is 327 g/mol. The zero-order valence-corrected chi connectivity index (χ0v) is 13.8. The van der Waals surface area contributed by atoms with Gasteiger partial charge in [0.05, 0.1) is 6.54 Å². The van der Waals surface area contributed by atoms with Crippen LogP contribution in [-0.4, -0.2) is 43.6 Å². The van der Waals surface area contributed by atoms with Crippen molar-refractivity contribution in [3.63, 3.8) is 0 Å². The minimum absolute atomic E-state index is 0. The average Bonchev–Trinajstić information content (AvgIpc) is 3.01. The number of nitrogens with zero attached hydrogens (tertiary/aromatic N) is 2. The summed E-state index contributed by atoms with van der Waals surface area (Å²) in [4.78, 5) is 6.70. The van der Waals surface area contributed by atoms with Gasteiger partial charge in [0.2, 0.25) is 0 Å². The maximum atomic E-state index is 5.84. The Kier molecular flexibility index (Phi) is 8.11. The van der Waals surface area contributed by atoms with Crippen LogP contribution in [-0.2, 0) is 0 Å². The summed E-state index contributed by atoms with van der Waals surface area (Å²) in [5.74, 6) is 1.41. The van der Waals surface area contributed by atoms with Crippen molar-refractivity contribution in [1.29, 1.82) is 0 Å². The van der Waals surface area contributed by atoms with E-state index in [0.717, 1.165) is 18.9 Å². The summed E-state index contributed by atoms with van der Waals surface area (Å²) >= 11 is 0. The Hall–Kier alpha value is -0.0400. The Labute approximate surface area is 122 Å². The Morgan fingerprint density at radius 1 is 1.47 bits per heavy atom. The minimum atomic E-state index is 0. The number of hydrogen-bond donors (Lipinski definition) is 2. The molecule has 1 fully saturated rings. The number of aliphatic imine (C=N–C) groups is 1. The molecule has 1 aliphatic carbocycles. The van der Waals surface area contributed by atoms with Crippen LogP contribution < -0.4 is 11.1 Å². The lowest BCUT2D eigenvalue weighted by Crippen LogP contribution is -2.40. The quantitative estimate of drug-likeness (QED) is 0.433. The second-order valence-electron chi connectivity index (χ2n) is 5.05. The molecule has 3 N–H and O–H groups in total. The van der Waals surface area contributed by atoms with E-state index in [-0.39, 0.29) is 24.0 Å². The molecule has 2 atom stereocenters. The first-order valence-electron chi connectivity index (χ1n) is 6.27. The van der Waals surface area contributed by atoms with Gasteiger partial charge < -0.3 is 16.0 Å². The molecule has 0 amide bonds. The van der Waals surface area contributed by atoms with E-state index >= 15 is 0 Å². The van der Waals surface area contributed by atoms with Crippen molar-refractivity contribution >= 4 is 29.9 Å². The molecule has 1 rings (SSSR count). The van der Waals surface area contributed by atoms with Gasteiger partial charge in [0.15, 0.2) is 5.96 Å². The Morgan fingerprint density at radius 2 is 2.06 bits per heavy atom. The second kappa shape index (κ2) is 8.13. The van der Waals surface area contributed by atoms with E-state index in [1.54, 1.807) is 0 Å². The smallest absolute Gasteiger partial charge is 0.188 e. The van der Waals surface area contributed by atoms with E-state index in [1.807, 2.05) is 0 Å². The predicted molar refractivity (Wildman–Crippen MR) is 85.0 cm³/mol. The molecule has 0 aliphatic heterocycles. The van der Waals surface area contributed by atoms with E-state index in [4.69, 9.17) is 5.73 Å². The summed E-state index contributed by atoms with van der Waals surface area (Å²) in [6.07, 6.45) is 3.75. The topological polar surface area (TPSA) is 53.6 Å². The minimum Gasteiger partial charge on any atom is -0.370 e. The molecule has 102 valence electrons. The van der Waals surface area contributed by atoms with Gasteiger partial charge in [-0.05, 0) is 46.2 Å². The highest BCUT2D eigenvalue weighted by Gasteiger charge is 2.32. The van der Waals surface area contributed by atoms with Gasteiger partial charge in [0.1, 0.15) is 0 Å². The summed E-state index contributed by atoms with van der Waals surface area (Å²) in [5, 5.41) is 3.19. The van der Waals surface area contributed by atoms with E-state index < -0.39 is 0 Å². The van der Waals surface area contributed by atoms with Gasteiger partial charge in [0, 0.05) is 12.1 Å². The Balaban J connectivity index is 0.00000256. The molecule has 0 aromatic heterocycles. The summed E-state index contributed by atoms with van der Waals surface area (Å²) in [6, 6.07) is 0.958. The van der Waals surface area contributed by atoms with Crippen LogP contribution in [0.5, 0.6) is 0 Å². The highest BCUT2D eigenvalue weighted by Crippen LogP contribution is 2.34. The first kappa shape index (κ1) is 17.0. The van der Waals surface area contributed by atoms with Crippen LogP contribution in [0.15, 0.2) is 4.99 Å². The molecule has 0 aromatic rings. The molecule has 0 radical (unpaired) electrons. The third-order valence-electron chi connectivity index (χ3n) is 3.28. The number of likely N-dealkylation sites (N-methyl/N-ethyl adjacent to an activating group) is 1. The normalized spacial score (nSPS) is 19.7. The van der Waals surface area contributed by atoms with Gasteiger partial charge in [0.25, 0.3) is 0 Å². The number of halogens is 1. The highest BCUT2D eigenvalue weighted by atomic mass is 127. The lowest BCUT2D eigenvalue weighted by atomic mass is 10.2. The fourth-order valence-electron chi connectivity index (χ4n) is 1.81. The maximum absolute atomic E-state index is 5.84.